The number of nitrogens with zero attached hydrogens (tertiary/aromatic N) is 1. The van der Waals surface area contributed by atoms with Gasteiger partial charge < -0.3 is 10.1 Å². The van der Waals surface area contributed by atoms with Crippen LogP contribution in [0.4, 0.5) is 10.1 Å². The summed E-state index contributed by atoms with van der Waals surface area (Å²) in [6, 6.07) is 11.7. The lowest BCUT2D eigenvalue weighted by Crippen LogP contribution is -2.15. The number of para-hydroxylation sites is 1. The molecule has 0 aliphatic heterocycles. The highest BCUT2D eigenvalue weighted by atomic mass is 32.1. The smallest absolute Gasteiger partial charge is 0.231 e. The fraction of sp³-hybridized carbons (Fsp3) is 0.190. The topological polar surface area (TPSA) is 68.3 Å². The van der Waals surface area contributed by atoms with Crippen LogP contribution in [0.15, 0.2) is 47.8 Å². The van der Waals surface area contributed by atoms with Crippen molar-refractivity contribution in [3.8, 4) is 5.75 Å². The summed E-state index contributed by atoms with van der Waals surface area (Å²) in [4.78, 5) is 27.8. The number of Topliss-reactive ketones (excluding diaryl/α,β-unsaturated/α-hetero) is 1. The lowest BCUT2D eigenvalue weighted by Gasteiger charge is -2.07. The molecule has 0 atom stereocenters. The average Bonchev–Trinajstić information content (AvgIpc) is 3.09. The molecule has 3 aromatic rings. The van der Waals surface area contributed by atoms with Gasteiger partial charge in [0.05, 0.1) is 17.7 Å². The van der Waals surface area contributed by atoms with Crippen molar-refractivity contribution in [3.63, 3.8) is 0 Å². The first kappa shape index (κ1) is 19.7. The molecule has 1 N–H and O–H groups in total. The average molecular weight is 398 g/mol. The molecular weight excluding hydrogens is 379 g/mol. The van der Waals surface area contributed by atoms with Crippen molar-refractivity contribution in [1.82, 2.24) is 4.98 Å². The Labute approximate surface area is 166 Å². The maximum atomic E-state index is 13.8. The molecule has 1 amide bonds. The Morgan fingerprint density at radius 3 is 2.71 bits per heavy atom. The van der Waals surface area contributed by atoms with Gasteiger partial charge in [-0.15, -0.1) is 11.3 Å². The lowest BCUT2D eigenvalue weighted by atomic mass is 10.1. The summed E-state index contributed by atoms with van der Waals surface area (Å²) in [5.41, 5.74) is 2.46. The molecule has 0 spiro atoms. The second kappa shape index (κ2) is 8.75. The summed E-state index contributed by atoms with van der Waals surface area (Å²) >= 11 is 1.37. The number of thiazole rings is 1. The minimum atomic E-state index is -0.614. The van der Waals surface area contributed by atoms with E-state index in [-0.39, 0.29) is 30.3 Å². The Balaban J connectivity index is 1.55. The number of ether oxygens (including phenoxy) is 1. The number of amides is 1. The largest absolute Gasteiger partial charge is 0.487 e. The summed E-state index contributed by atoms with van der Waals surface area (Å²) in [6.07, 6.45) is 0.168. The maximum absolute atomic E-state index is 13.8. The zero-order valence-electron chi connectivity index (χ0n) is 15.5. The first-order valence-corrected chi connectivity index (χ1v) is 9.52. The van der Waals surface area contributed by atoms with Crippen molar-refractivity contribution < 1.29 is 18.7 Å². The van der Waals surface area contributed by atoms with Gasteiger partial charge in [0.2, 0.25) is 5.91 Å². The van der Waals surface area contributed by atoms with Crippen LogP contribution in [0, 0.1) is 12.7 Å². The van der Waals surface area contributed by atoms with Crippen molar-refractivity contribution >= 4 is 28.7 Å². The lowest BCUT2D eigenvalue weighted by molar-refractivity contribution is -0.115. The molecule has 1 aromatic heterocycles. The SMILES string of the molecule is CC(=O)c1ccc(OCc2csc(CC(=O)Nc3ccccc3C)n2)cc1F. The van der Waals surface area contributed by atoms with Crippen molar-refractivity contribution in [3.05, 3.63) is 75.5 Å². The first-order chi connectivity index (χ1) is 13.4. The highest BCUT2D eigenvalue weighted by Gasteiger charge is 2.11. The second-order valence-electron chi connectivity index (χ2n) is 6.26. The molecule has 0 saturated heterocycles. The number of hydrogen-bond acceptors (Lipinski definition) is 5. The molecule has 0 unspecified atom stereocenters. The third-order valence-corrected chi connectivity index (χ3v) is 4.93. The van der Waals surface area contributed by atoms with E-state index in [1.807, 2.05) is 31.2 Å². The molecular formula is C21H19FN2O3S. The minimum absolute atomic E-state index is 0.0305. The van der Waals surface area contributed by atoms with Crippen LogP contribution >= 0.6 is 11.3 Å². The van der Waals surface area contributed by atoms with Gasteiger partial charge in [-0.2, -0.15) is 0 Å². The molecule has 1 heterocycles. The van der Waals surface area contributed by atoms with E-state index < -0.39 is 5.82 Å². The summed E-state index contributed by atoms with van der Waals surface area (Å²) in [7, 11) is 0. The number of aromatic nitrogens is 1. The van der Waals surface area contributed by atoms with Crippen LogP contribution in [0.25, 0.3) is 0 Å². The quantitative estimate of drug-likeness (QED) is 0.593. The fourth-order valence-electron chi connectivity index (χ4n) is 2.57. The van der Waals surface area contributed by atoms with Gasteiger partial charge in [-0.25, -0.2) is 9.37 Å². The Kier molecular flexibility index (Phi) is 6.16. The second-order valence-corrected chi connectivity index (χ2v) is 7.20. The fourth-order valence-corrected chi connectivity index (χ4v) is 3.35. The molecule has 0 radical (unpaired) electrons. The van der Waals surface area contributed by atoms with E-state index in [1.54, 1.807) is 11.4 Å². The highest BCUT2D eigenvalue weighted by Crippen LogP contribution is 2.20. The van der Waals surface area contributed by atoms with Crippen LogP contribution in [0.3, 0.4) is 0 Å². The Bertz CT molecular complexity index is 1020. The number of rotatable bonds is 7. The number of anilines is 1. The number of hydrogen-bond donors (Lipinski definition) is 1. The van der Waals surface area contributed by atoms with E-state index in [0.717, 1.165) is 11.3 Å². The first-order valence-electron chi connectivity index (χ1n) is 8.64. The molecule has 7 heteroatoms. The van der Waals surface area contributed by atoms with Gasteiger partial charge in [0, 0.05) is 17.1 Å². The van der Waals surface area contributed by atoms with E-state index in [9.17, 15) is 14.0 Å². The number of aryl methyl sites for hydroxylation is 1. The normalized spacial score (nSPS) is 10.5. The van der Waals surface area contributed by atoms with E-state index in [1.165, 1.54) is 30.4 Å². The summed E-state index contributed by atoms with van der Waals surface area (Å²) in [6.45, 7) is 3.39. The van der Waals surface area contributed by atoms with E-state index in [4.69, 9.17) is 4.74 Å². The van der Waals surface area contributed by atoms with Crippen molar-refractivity contribution in [2.45, 2.75) is 26.9 Å². The minimum Gasteiger partial charge on any atom is -0.487 e. The van der Waals surface area contributed by atoms with Crippen molar-refractivity contribution in [2.75, 3.05) is 5.32 Å². The predicted molar refractivity (Wildman–Crippen MR) is 106 cm³/mol. The van der Waals surface area contributed by atoms with Gasteiger partial charge in [0.15, 0.2) is 5.78 Å². The number of ketones is 1. The Hall–Kier alpha value is -3.06. The Morgan fingerprint density at radius 1 is 1.21 bits per heavy atom. The van der Waals surface area contributed by atoms with Crippen LogP contribution in [0.1, 0.15) is 33.5 Å². The van der Waals surface area contributed by atoms with Crippen LogP contribution in [0.5, 0.6) is 5.75 Å². The van der Waals surface area contributed by atoms with Crippen LogP contribution in [0.2, 0.25) is 0 Å². The molecule has 0 fully saturated rings. The number of carbonyl (C=O) groups is 2. The van der Waals surface area contributed by atoms with Crippen molar-refractivity contribution in [1.29, 1.82) is 0 Å². The van der Waals surface area contributed by atoms with Gasteiger partial charge in [-0.05, 0) is 37.6 Å². The monoisotopic (exact) mass is 398 g/mol. The standard InChI is InChI=1S/C21H19FN2O3S/c1-13-5-3-4-6-19(13)24-20(26)10-21-23-15(12-28-21)11-27-16-7-8-17(14(2)25)18(22)9-16/h3-9,12H,10-11H2,1-2H3,(H,24,26). The van der Waals surface area contributed by atoms with Gasteiger partial charge in [-0.1, -0.05) is 18.2 Å². The zero-order chi connectivity index (χ0) is 20.1. The molecule has 5 nitrogen and oxygen atoms in total. The molecule has 0 bridgehead atoms. The van der Waals surface area contributed by atoms with Gasteiger partial charge in [-0.3, -0.25) is 9.59 Å². The van der Waals surface area contributed by atoms with E-state index in [2.05, 4.69) is 10.3 Å². The van der Waals surface area contributed by atoms with Crippen molar-refractivity contribution in [2.24, 2.45) is 0 Å². The zero-order valence-corrected chi connectivity index (χ0v) is 16.3. The van der Waals surface area contributed by atoms with Crippen LogP contribution < -0.4 is 10.1 Å². The molecule has 0 aliphatic carbocycles. The molecule has 144 valence electrons. The predicted octanol–water partition coefficient (Wildman–Crippen LogP) is 4.55. The number of benzene rings is 2. The molecule has 0 aliphatic rings. The Morgan fingerprint density at radius 2 is 2.00 bits per heavy atom. The highest BCUT2D eigenvalue weighted by molar-refractivity contribution is 7.09. The third-order valence-electron chi connectivity index (χ3n) is 4.04. The van der Waals surface area contributed by atoms with Crippen LogP contribution in [-0.4, -0.2) is 16.7 Å². The number of nitrogens with one attached hydrogen (secondary N) is 1. The van der Waals surface area contributed by atoms with Gasteiger partial charge in [0.1, 0.15) is 23.2 Å². The van der Waals surface area contributed by atoms with E-state index in [0.29, 0.717) is 16.5 Å². The van der Waals surface area contributed by atoms with Gasteiger partial charge in [0.25, 0.3) is 0 Å². The molecule has 3 rings (SSSR count). The number of carbonyl (C=O) groups excluding carboxylic acids is 2. The maximum Gasteiger partial charge on any atom is 0.231 e. The summed E-state index contributed by atoms with van der Waals surface area (Å²) in [5, 5.41) is 5.35. The van der Waals surface area contributed by atoms with E-state index >= 15 is 0 Å². The molecule has 0 saturated carbocycles. The number of halogens is 1. The summed E-state index contributed by atoms with van der Waals surface area (Å²) < 4.78 is 19.4. The molecule has 2 aromatic carbocycles. The van der Waals surface area contributed by atoms with Gasteiger partial charge >= 0.3 is 0 Å². The third kappa shape index (κ3) is 5.01. The molecule has 28 heavy (non-hydrogen) atoms. The summed E-state index contributed by atoms with van der Waals surface area (Å²) in [5.74, 6) is -0.777. The van der Waals surface area contributed by atoms with Crippen LogP contribution in [-0.2, 0) is 17.8 Å².